The molecule has 1 aromatic carbocycles. The summed E-state index contributed by atoms with van der Waals surface area (Å²) in [6.45, 7) is 9.41. The summed E-state index contributed by atoms with van der Waals surface area (Å²) in [7, 11) is 0. The number of ether oxygens (including phenoxy) is 1. The van der Waals surface area contributed by atoms with Crippen molar-refractivity contribution in [2.45, 2.75) is 46.2 Å². The Bertz CT molecular complexity index is 309. The third kappa shape index (κ3) is 4.23. The Morgan fingerprint density at radius 2 is 2.00 bits per heavy atom. The van der Waals surface area contributed by atoms with Gasteiger partial charge in [0, 0.05) is 12.1 Å². The summed E-state index contributed by atoms with van der Waals surface area (Å²) in [4.78, 5) is 0. The van der Waals surface area contributed by atoms with Crippen LogP contribution in [0.2, 0.25) is 0 Å². The van der Waals surface area contributed by atoms with Crippen LogP contribution in [0.1, 0.15) is 45.7 Å². The molecule has 0 aromatic heterocycles. The predicted octanol–water partition coefficient (Wildman–Crippen LogP) is 3.53. The number of hydrogen-bond acceptors (Lipinski definition) is 2. The lowest BCUT2D eigenvalue weighted by atomic mass is 10.1. The Labute approximate surface area is 99.0 Å². The van der Waals surface area contributed by atoms with Crippen LogP contribution in [0, 0.1) is 0 Å². The van der Waals surface area contributed by atoms with Crippen LogP contribution in [0.4, 0.5) is 0 Å². The van der Waals surface area contributed by atoms with Crippen LogP contribution in [0.15, 0.2) is 24.3 Å². The Hall–Kier alpha value is -1.02. The lowest BCUT2D eigenvalue weighted by molar-refractivity contribution is 0.316. The molecule has 1 N–H and O–H groups in total. The molecule has 0 aliphatic heterocycles. The van der Waals surface area contributed by atoms with E-state index >= 15 is 0 Å². The van der Waals surface area contributed by atoms with E-state index in [9.17, 15) is 0 Å². The molecule has 0 amide bonds. The maximum atomic E-state index is 5.62. The zero-order chi connectivity index (χ0) is 12.0. The van der Waals surface area contributed by atoms with E-state index in [0.717, 1.165) is 18.8 Å². The fraction of sp³-hybridized carbons (Fsp3) is 0.571. The minimum Gasteiger partial charge on any atom is -0.494 e. The van der Waals surface area contributed by atoms with Gasteiger partial charge in [-0.15, -0.1) is 0 Å². The lowest BCUT2D eigenvalue weighted by Crippen LogP contribution is -2.25. The van der Waals surface area contributed by atoms with E-state index in [0.29, 0.717) is 12.1 Å². The van der Waals surface area contributed by atoms with Gasteiger partial charge in [-0.3, -0.25) is 0 Å². The van der Waals surface area contributed by atoms with Gasteiger partial charge in [0.15, 0.2) is 0 Å². The molecule has 0 radical (unpaired) electrons. The summed E-state index contributed by atoms with van der Waals surface area (Å²) in [6, 6.07) is 9.19. The average molecular weight is 221 g/mol. The molecule has 0 heterocycles. The fourth-order valence-corrected chi connectivity index (χ4v) is 1.69. The van der Waals surface area contributed by atoms with E-state index in [2.05, 4.69) is 51.2 Å². The largest absolute Gasteiger partial charge is 0.494 e. The molecule has 2 heteroatoms. The van der Waals surface area contributed by atoms with Crippen molar-refractivity contribution in [3.05, 3.63) is 29.8 Å². The molecule has 0 saturated heterocycles. The molecule has 2 nitrogen and oxygen atoms in total. The molecule has 90 valence electrons. The molecule has 1 atom stereocenters. The van der Waals surface area contributed by atoms with E-state index in [1.165, 1.54) is 5.56 Å². The van der Waals surface area contributed by atoms with Gasteiger partial charge >= 0.3 is 0 Å². The highest BCUT2D eigenvalue weighted by molar-refractivity contribution is 5.30. The van der Waals surface area contributed by atoms with Crippen molar-refractivity contribution in [3.8, 4) is 5.75 Å². The lowest BCUT2D eigenvalue weighted by Gasteiger charge is -2.18. The topological polar surface area (TPSA) is 21.3 Å². The van der Waals surface area contributed by atoms with Gasteiger partial charge in [-0.1, -0.05) is 32.9 Å². The van der Waals surface area contributed by atoms with Crippen LogP contribution in [0.25, 0.3) is 0 Å². The van der Waals surface area contributed by atoms with Gasteiger partial charge in [-0.2, -0.15) is 0 Å². The van der Waals surface area contributed by atoms with Crippen molar-refractivity contribution in [1.82, 2.24) is 5.32 Å². The van der Waals surface area contributed by atoms with Gasteiger partial charge in [0.2, 0.25) is 0 Å². The summed E-state index contributed by atoms with van der Waals surface area (Å²) in [6.07, 6.45) is 1.05. The zero-order valence-corrected chi connectivity index (χ0v) is 10.8. The van der Waals surface area contributed by atoms with E-state index in [1.54, 1.807) is 0 Å². The molecular weight excluding hydrogens is 198 g/mol. The molecule has 0 fully saturated rings. The summed E-state index contributed by atoms with van der Waals surface area (Å²) in [5, 5.41) is 3.49. The second-order valence-electron chi connectivity index (χ2n) is 4.46. The SMILES string of the molecule is CCCOc1cccc([C@H](C)NC(C)C)c1. The first kappa shape index (κ1) is 13.0. The monoisotopic (exact) mass is 221 g/mol. The van der Waals surface area contributed by atoms with Crippen molar-refractivity contribution < 1.29 is 4.74 Å². The second-order valence-corrected chi connectivity index (χ2v) is 4.46. The molecular formula is C14H23NO. The van der Waals surface area contributed by atoms with Gasteiger partial charge < -0.3 is 10.1 Å². The van der Waals surface area contributed by atoms with E-state index in [-0.39, 0.29) is 0 Å². The molecule has 1 aromatic rings. The van der Waals surface area contributed by atoms with Gasteiger partial charge in [-0.25, -0.2) is 0 Å². The second kappa shape index (κ2) is 6.54. The first-order chi connectivity index (χ1) is 7.63. The van der Waals surface area contributed by atoms with Crippen LogP contribution in [-0.2, 0) is 0 Å². The fourth-order valence-electron chi connectivity index (χ4n) is 1.69. The first-order valence-corrected chi connectivity index (χ1v) is 6.12. The van der Waals surface area contributed by atoms with Gasteiger partial charge in [-0.05, 0) is 31.0 Å². The molecule has 1 rings (SSSR count). The van der Waals surface area contributed by atoms with Gasteiger partial charge in [0.05, 0.1) is 6.61 Å². The summed E-state index contributed by atoms with van der Waals surface area (Å²) >= 11 is 0. The van der Waals surface area contributed by atoms with Gasteiger partial charge in [0.25, 0.3) is 0 Å². The van der Waals surface area contributed by atoms with Crippen LogP contribution < -0.4 is 10.1 Å². The molecule has 0 spiro atoms. The molecule has 16 heavy (non-hydrogen) atoms. The Morgan fingerprint density at radius 3 is 2.62 bits per heavy atom. The third-order valence-corrected chi connectivity index (χ3v) is 2.41. The van der Waals surface area contributed by atoms with E-state index in [4.69, 9.17) is 4.74 Å². The van der Waals surface area contributed by atoms with E-state index in [1.807, 2.05) is 6.07 Å². The Morgan fingerprint density at radius 1 is 1.25 bits per heavy atom. The van der Waals surface area contributed by atoms with Crippen LogP contribution in [0.5, 0.6) is 5.75 Å². The van der Waals surface area contributed by atoms with Crippen LogP contribution in [-0.4, -0.2) is 12.6 Å². The Kier molecular flexibility index (Phi) is 5.33. The molecule has 0 saturated carbocycles. The quantitative estimate of drug-likeness (QED) is 0.793. The highest BCUT2D eigenvalue weighted by Gasteiger charge is 2.07. The van der Waals surface area contributed by atoms with Crippen molar-refractivity contribution in [3.63, 3.8) is 0 Å². The van der Waals surface area contributed by atoms with E-state index < -0.39 is 0 Å². The van der Waals surface area contributed by atoms with Crippen molar-refractivity contribution in [1.29, 1.82) is 0 Å². The zero-order valence-electron chi connectivity index (χ0n) is 10.8. The van der Waals surface area contributed by atoms with Crippen molar-refractivity contribution in [2.24, 2.45) is 0 Å². The molecule has 0 aliphatic carbocycles. The maximum absolute atomic E-state index is 5.62. The Balaban J connectivity index is 2.65. The van der Waals surface area contributed by atoms with Crippen molar-refractivity contribution in [2.75, 3.05) is 6.61 Å². The molecule has 0 unspecified atom stereocenters. The standard InChI is InChI=1S/C14H23NO/c1-5-9-16-14-8-6-7-13(10-14)12(4)15-11(2)3/h6-8,10-12,15H,5,9H2,1-4H3/t12-/m0/s1. The summed E-state index contributed by atoms with van der Waals surface area (Å²) in [5.74, 6) is 0.969. The minimum atomic E-state index is 0.366. The summed E-state index contributed by atoms with van der Waals surface area (Å²) in [5.41, 5.74) is 1.28. The van der Waals surface area contributed by atoms with Crippen molar-refractivity contribution >= 4 is 0 Å². The highest BCUT2D eigenvalue weighted by atomic mass is 16.5. The van der Waals surface area contributed by atoms with Crippen LogP contribution in [0.3, 0.4) is 0 Å². The number of nitrogens with one attached hydrogen (secondary N) is 1. The number of rotatable bonds is 6. The normalized spacial score (nSPS) is 12.8. The first-order valence-electron chi connectivity index (χ1n) is 6.12. The average Bonchev–Trinajstić information content (AvgIpc) is 2.26. The highest BCUT2D eigenvalue weighted by Crippen LogP contribution is 2.19. The van der Waals surface area contributed by atoms with Crippen LogP contribution >= 0.6 is 0 Å². The number of benzene rings is 1. The maximum Gasteiger partial charge on any atom is 0.119 e. The number of hydrogen-bond donors (Lipinski definition) is 1. The third-order valence-electron chi connectivity index (χ3n) is 2.41. The van der Waals surface area contributed by atoms with Gasteiger partial charge in [0.1, 0.15) is 5.75 Å². The molecule has 0 bridgehead atoms. The predicted molar refractivity (Wildman–Crippen MR) is 68.9 cm³/mol. The smallest absolute Gasteiger partial charge is 0.119 e. The molecule has 0 aliphatic rings. The summed E-state index contributed by atoms with van der Waals surface area (Å²) < 4.78 is 5.62. The minimum absolute atomic E-state index is 0.366.